The van der Waals surface area contributed by atoms with Crippen LogP contribution in [0.25, 0.3) is 10.9 Å². The first-order valence-corrected chi connectivity index (χ1v) is 8.92. The monoisotopic (exact) mass is 334 g/mol. The van der Waals surface area contributed by atoms with E-state index in [0.29, 0.717) is 11.6 Å². The molecule has 5 nitrogen and oxygen atoms in total. The summed E-state index contributed by atoms with van der Waals surface area (Å²) >= 11 is 0. The zero-order chi connectivity index (χ0) is 17.1. The number of carbonyl (C=O) groups is 1. The van der Waals surface area contributed by atoms with Crippen molar-refractivity contribution in [2.45, 2.75) is 25.7 Å². The number of carbonyl (C=O) groups excluding carboxylic acids is 1. The highest BCUT2D eigenvalue weighted by Crippen LogP contribution is 2.26. The van der Waals surface area contributed by atoms with Crippen molar-refractivity contribution in [2.75, 3.05) is 13.1 Å². The van der Waals surface area contributed by atoms with Crippen LogP contribution in [0.5, 0.6) is 0 Å². The van der Waals surface area contributed by atoms with E-state index in [-0.39, 0.29) is 5.91 Å². The van der Waals surface area contributed by atoms with Crippen molar-refractivity contribution in [3.63, 3.8) is 0 Å². The van der Waals surface area contributed by atoms with Gasteiger partial charge in [0.2, 0.25) is 0 Å². The molecule has 25 heavy (non-hydrogen) atoms. The minimum Gasteiger partial charge on any atom is -0.337 e. The second-order valence-corrected chi connectivity index (χ2v) is 6.75. The molecule has 3 heterocycles. The van der Waals surface area contributed by atoms with E-state index in [1.807, 2.05) is 17.2 Å². The number of nitrogens with zero attached hydrogens (tertiary/aromatic N) is 3. The van der Waals surface area contributed by atoms with E-state index < -0.39 is 0 Å². The minimum atomic E-state index is 0.0625. The number of rotatable bonds is 3. The molecule has 1 unspecified atom stereocenters. The summed E-state index contributed by atoms with van der Waals surface area (Å²) in [6.45, 7) is 1.64. The molecule has 1 aliphatic heterocycles. The summed E-state index contributed by atoms with van der Waals surface area (Å²) in [5, 5.41) is 7.91. The number of aromatic amines is 1. The number of fused-ring (bicyclic) bond motifs is 1. The van der Waals surface area contributed by atoms with E-state index >= 15 is 0 Å². The molecule has 5 heteroatoms. The molecule has 3 aromatic rings. The lowest BCUT2D eigenvalue weighted by molar-refractivity contribution is 0.0754. The van der Waals surface area contributed by atoms with Gasteiger partial charge in [-0.3, -0.25) is 14.9 Å². The number of H-pyrrole nitrogens is 1. The second kappa shape index (κ2) is 7.05. The molecule has 1 N–H and O–H groups in total. The van der Waals surface area contributed by atoms with Crippen LogP contribution < -0.4 is 0 Å². The maximum atomic E-state index is 12.5. The predicted molar refractivity (Wildman–Crippen MR) is 97.3 cm³/mol. The third kappa shape index (κ3) is 3.40. The minimum absolute atomic E-state index is 0.0625. The molecule has 0 bridgehead atoms. The highest BCUT2D eigenvalue weighted by atomic mass is 16.2. The van der Waals surface area contributed by atoms with Crippen LogP contribution in [0.15, 0.2) is 48.8 Å². The van der Waals surface area contributed by atoms with Gasteiger partial charge >= 0.3 is 0 Å². The maximum absolute atomic E-state index is 12.5. The van der Waals surface area contributed by atoms with Crippen LogP contribution in [-0.4, -0.2) is 39.1 Å². The fourth-order valence-electron chi connectivity index (χ4n) is 3.77. The Morgan fingerprint density at radius 1 is 1.12 bits per heavy atom. The Labute approximate surface area is 147 Å². The Balaban J connectivity index is 1.45. The molecular weight excluding hydrogens is 312 g/mol. The summed E-state index contributed by atoms with van der Waals surface area (Å²) in [6.07, 6.45) is 7.77. The van der Waals surface area contributed by atoms with Crippen LogP contribution in [0.3, 0.4) is 0 Å². The molecule has 1 aromatic carbocycles. The zero-order valence-electron chi connectivity index (χ0n) is 14.2. The van der Waals surface area contributed by atoms with Crippen molar-refractivity contribution >= 4 is 16.8 Å². The number of aromatic nitrogens is 3. The number of amides is 1. The van der Waals surface area contributed by atoms with Crippen LogP contribution in [0.1, 0.15) is 35.3 Å². The molecule has 1 saturated heterocycles. The average Bonchev–Trinajstić information content (AvgIpc) is 3.09. The Morgan fingerprint density at radius 3 is 2.96 bits per heavy atom. The third-order valence-corrected chi connectivity index (χ3v) is 5.11. The van der Waals surface area contributed by atoms with Gasteiger partial charge in [-0.05, 0) is 55.4 Å². The van der Waals surface area contributed by atoms with Crippen LogP contribution in [0.2, 0.25) is 0 Å². The van der Waals surface area contributed by atoms with Crippen LogP contribution >= 0.6 is 0 Å². The number of nitrogens with one attached hydrogen (secondary N) is 1. The van der Waals surface area contributed by atoms with E-state index in [0.717, 1.165) is 44.3 Å². The van der Waals surface area contributed by atoms with Crippen molar-refractivity contribution in [1.82, 2.24) is 20.1 Å². The molecule has 0 spiro atoms. The number of hydrogen-bond acceptors (Lipinski definition) is 3. The standard InChI is InChI=1S/C20H22N4O/c25-20(19-8-11-22-23-19)24-12-3-4-15(9-13-24)14-16-5-1-7-18-17(16)6-2-10-21-18/h1-2,5-8,10-11,15H,3-4,9,12-14H2,(H,22,23). The van der Waals surface area contributed by atoms with E-state index in [9.17, 15) is 4.79 Å². The van der Waals surface area contributed by atoms with Gasteiger partial charge in [-0.15, -0.1) is 0 Å². The molecule has 0 saturated carbocycles. The van der Waals surface area contributed by atoms with Crippen LogP contribution in [0.4, 0.5) is 0 Å². The lowest BCUT2D eigenvalue weighted by Gasteiger charge is -2.20. The van der Waals surface area contributed by atoms with Gasteiger partial charge in [-0.1, -0.05) is 18.2 Å². The highest BCUT2D eigenvalue weighted by molar-refractivity contribution is 5.92. The molecule has 0 radical (unpaired) electrons. The normalized spacial score (nSPS) is 18.2. The van der Waals surface area contributed by atoms with Crippen LogP contribution in [0, 0.1) is 5.92 Å². The summed E-state index contributed by atoms with van der Waals surface area (Å²) < 4.78 is 0. The summed E-state index contributed by atoms with van der Waals surface area (Å²) in [7, 11) is 0. The van der Waals surface area contributed by atoms with Crippen molar-refractivity contribution in [3.05, 3.63) is 60.0 Å². The fourth-order valence-corrected chi connectivity index (χ4v) is 3.77. The Hall–Kier alpha value is -2.69. The van der Waals surface area contributed by atoms with Gasteiger partial charge in [0.15, 0.2) is 0 Å². The summed E-state index contributed by atoms with van der Waals surface area (Å²) in [4.78, 5) is 18.9. The second-order valence-electron chi connectivity index (χ2n) is 6.75. The first-order chi connectivity index (χ1) is 12.3. The lowest BCUT2D eigenvalue weighted by Crippen LogP contribution is -2.32. The van der Waals surface area contributed by atoms with Crippen LogP contribution in [-0.2, 0) is 6.42 Å². The van der Waals surface area contributed by atoms with Gasteiger partial charge < -0.3 is 4.90 Å². The molecule has 1 amide bonds. The molecule has 128 valence electrons. The summed E-state index contributed by atoms with van der Waals surface area (Å²) in [5.74, 6) is 0.665. The topological polar surface area (TPSA) is 61.9 Å². The average molecular weight is 334 g/mol. The van der Waals surface area contributed by atoms with Gasteiger partial charge in [0.05, 0.1) is 5.52 Å². The molecule has 1 fully saturated rings. The van der Waals surface area contributed by atoms with Gasteiger partial charge in [0, 0.05) is 30.9 Å². The molecule has 2 aromatic heterocycles. The van der Waals surface area contributed by atoms with Crippen molar-refractivity contribution in [1.29, 1.82) is 0 Å². The maximum Gasteiger partial charge on any atom is 0.271 e. The van der Waals surface area contributed by atoms with Crippen molar-refractivity contribution in [2.24, 2.45) is 5.92 Å². The quantitative estimate of drug-likeness (QED) is 0.798. The lowest BCUT2D eigenvalue weighted by atomic mass is 9.91. The Morgan fingerprint density at radius 2 is 2.08 bits per heavy atom. The van der Waals surface area contributed by atoms with Gasteiger partial charge in [-0.25, -0.2) is 0 Å². The zero-order valence-corrected chi connectivity index (χ0v) is 14.2. The SMILES string of the molecule is O=C(c1ccn[nH]1)N1CCCC(Cc2cccc3ncccc23)CC1. The molecular formula is C20H22N4O. The van der Waals surface area contributed by atoms with Crippen molar-refractivity contribution < 1.29 is 4.79 Å². The number of benzene rings is 1. The highest BCUT2D eigenvalue weighted by Gasteiger charge is 2.22. The van der Waals surface area contributed by atoms with E-state index in [4.69, 9.17) is 0 Å². The number of likely N-dealkylation sites (tertiary alicyclic amines) is 1. The summed E-state index contributed by atoms with van der Waals surface area (Å²) in [5.41, 5.74) is 3.01. The third-order valence-electron chi connectivity index (χ3n) is 5.11. The number of hydrogen-bond donors (Lipinski definition) is 1. The molecule has 0 aliphatic carbocycles. The predicted octanol–water partition coefficient (Wildman–Crippen LogP) is 3.44. The molecule has 4 rings (SSSR count). The van der Waals surface area contributed by atoms with E-state index in [1.54, 1.807) is 12.3 Å². The largest absolute Gasteiger partial charge is 0.337 e. The first-order valence-electron chi connectivity index (χ1n) is 8.92. The first kappa shape index (κ1) is 15.8. The molecule has 1 atom stereocenters. The number of pyridine rings is 1. The molecule has 1 aliphatic rings. The smallest absolute Gasteiger partial charge is 0.271 e. The summed E-state index contributed by atoms with van der Waals surface area (Å²) in [6, 6.07) is 12.3. The van der Waals surface area contributed by atoms with Gasteiger partial charge in [-0.2, -0.15) is 5.10 Å². The fraction of sp³-hybridized carbons (Fsp3) is 0.350. The van der Waals surface area contributed by atoms with E-state index in [2.05, 4.69) is 39.4 Å². The van der Waals surface area contributed by atoms with Crippen molar-refractivity contribution in [3.8, 4) is 0 Å². The van der Waals surface area contributed by atoms with Gasteiger partial charge in [0.1, 0.15) is 5.69 Å². The Kier molecular flexibility index (Phi) is 4.46. The van der Waals surface area contributed by atoms with Gasteiger partial charge in [0.25, 0.3) is 5.91 Å². The Bertz CT molecular complexity index is 854. The van der Waals surface area contributed by atoms with E-state index in [1.165, 1.54) is 10.9 Å².